The van der Waals surface area contributed by atoms with Gasteiger partial charge in [-0.1, -0.05) is 12.7 Å². The summed E-state index contributed by atoms with van der Waals surface area (Å²) >= 11 is 0. The van der Waals surface area contributed by atoms with Crippen molar-refractivity contribution in [2.75, 3.05) is 6.16 Å². The summed E-state index contributed by atoms with van der Waals surface area (Å²) in [6, 6.07) is 0. The maximum atomic E-state index is 9.85. The number of aromatic amines is 1. The van der Waals surface area contributed by atoms with Gasteiger partial charge >= 0.3 is 7.60 Å². The third kappa shape index (κ3) is 7.49. The molecule has 0 aliphatic rings. The predicted molar refractivity (Wildman–Crippen MR) is 55.8 cm³/mol. The number of nitrogens with zero attached hydrogens (tertiary/aromatic N) is 1. The molecule has 0 aliphatic carbocycles. The van der Waals surface area contributed by atoms with Crippen molar-refractivity contribution in [2.45, 2.75) is 0 Å². The molecule has 1 aromatic rings. The van der Waals surface area contributed by atoms with Crippen molar-refractivity contribution in [1.29, 1.82) is 0 Å². The van der Waals surface area contributed by atoms with Crippen LogP contribution in [-0.4, -0.2) is 25.9 Å². The Bertz CT molecular complexity index is 315. The van der Waals surface area contributed by atoms with E-state index in [1.807, 2.05) is 0 Å². The zero-order valence-electron chi connectivity index (χ0n) is 7.63. The second-order valence-electron chi connectivity index (χ2n) is 2.31. The highest BCUT2D eigenvalue weighted by Crippen LogP contribution is 2.33. The van der Waals surface area contributed by atoms with Crippen molar-refractivity contribution in [2.24, 2.45) is 0 Å². The van der Waals surface area contributed by atoms with Crippen LogP contribution in [0.1, 0.15) is 5.82 Å². The van der Waals surface area contributed by atoms with E-state index in [2.05, 4.69) is 23.1 Å². The Morgan fingerprint density at radius 3 is 2.36 bits per heavy atom. The fraction of sp³-hybridized carbons (Fsp3) is 0.125. The summed E-state index contributed by atoms with van der Waals surface area (Å²) in [5, 5.41) is 0. The minimum Gasteiger partial charge on any atom is -0.345 e. The molecule has 14 heavy (non-hydrogen) atoms. The molecule has 0 saturated heterocycles. The highest BCUT2D eigenvalue weighted by molar-refractivity contribution is 7.51. The molecule has 0 radical (unpaired) electrons. The van der Waals surface area contributed by atoms with Crippen molar-refractivity contribution >= 4 is 13.7 Å². The van der Waals surface area contributed by atoms with E-state index in [9.17, 15) is 4.57 Å². The molecule has 0 amide bonds. The number of H-pyrrole nitrogens is 1. The van der Waals surface area contributed by atoms with E-state index in [-0.39, 0.29) is 6.16 Å². The third-order valence-corrected chi connectivity index (χ3v) is 1.81. The lowest BCUT2D eigenvalue weighted by Crippen LogP contribution is -1.78. The van der Waals surface area contributed by atoms with Crippen LogP contribution in [-0.2, 0) is 4.57 Å². The van der Waals surface area contributed by atoms with Crippen molar-refractivity contribution in [3.8, 4) is 0 Å². The zero-order chi connectivity index (χ0) is 11.0. The smallest absolute Gasteiger partial charge is 0.329 e. The molecule has 5 nitrogen and oxygen atoms in total. The largest absolute Gasteiger partial charge is 0.345 e. The van der Waals surface area contributed by atoms with Gasteiger partial charge in [-0.2, -0.15) is 0 Å². The molecular weight excluding hydrogens is 203 g/mol. The van der Waals surface area contributed by atoms with Crippen LogP contribution in [0.5, 0.6) is 0 Å². The van der Waals surface area contributed by atoms with Gasteiger partial charge in [-0.25, -0.2) is 4.98 Å². The maximum absolute atomic E-state index is 9.85. The summed E-state index contributed by atoms with van der Waals surface area (Å²) in [7, 11) is -3.78. The molecule has 78 valence electrons. The molecule has 1 aromatic heterocycles. The molecule has 0 aliphatic heterocycles. The summed E-state index contributed by atoms with van der Waals surface area (Å²) < 4.78 is 9.85. The van der Waals surface area contributed by atoms with Crippen molar-refractivity contribution in [3.05, 3.63) is 37.5 Å². The molecular formula is C8H13N2O3P. The lowest BCUT2D eigenvalue weighted by molar-refractivity contribution is 0.377. The number of allylic oxidation sites excluding steroid dienone is 1. The first kappa shape index (κ1) is 12.8. The minimum atomic E-state index is -3.78. The Kier molecular flexibility index (Phi) is 5.79. The monoisotopic (exact) mass is 216 g/mol. The Hall–Kier alpha value is -1.16. The van der Waals surface area contributed by atoms with Crippen LogP contribution in [0.3, 0.4) is 0 Å². The minimum absolute atomic E-state index is 0.229. The normalized spacial score (nSPS) is 9.86. The maximum Gasteiger partial charge on any atom is 0.329 e. The molecule has 1 rings (SSSR count). The van der Waals surface area contributed by atoms with E-state index in [4.69, 9.17) is 9.79 Å². The van der Waals surface area contributed by atoms with Gasteiger partial charge in [-0.15, -0.1) is 6.58 Å². The van der Waals surface area contributed by atoms with Gasteiger partial charge in [0.1, 0.15) is 5.82 Å². The van der Waals surface area contributed by atoms with Gasteiger partial charge in [0.2, 0.25) is 0 Å². The van der Waals surface area contributed by atoms with Gasteiger partial charge in [0.25, 0.3) is 0 Å². The van der Waals surface area contributed by atoms with E-state index in [1.54, 1.807) is 18.5 Å². The van der Waals surface area contributed by atoms with Crippen molar-refractivity contribution in [3.63, 3.8) is 0 Å². The van der Waals surface area contributed by atoms with E-state index >= 15 is 0 Å². The molecule has 1 heterocycles. The Labute approximate surface area is 82.4 Å². The van der Waals surface area contributed by atoms with Crippen LogP contribution < -0.4 is 0 Å². The second-order valence-corrected chi connectivity index (χ2v) is 4.01. The molecule has 0 bridgehead atoms. The Morgan fingerprint density at radius 2 is 2.21 bits per heavy atom. The highest BCUT2D eigenvalue weighted by atomic mass is 31.2. The molecule has 3 N–H and O–H groups in total. The summed E-state index contributed by atoms with van der Waals surface area (Å²) in [6.07, 6.45) is 6.09. The third-order valence-electron chi connectivity index (χ3n) is 1.08. The number of aromatic nitrogens is 2. The summed E-state index contributed by atoms with van der Waals surface area (Å²) in [5.41, 5.74) is 0. The standard InChI is InChI=1S/C5H6N2.C3H7O3P/c1-2-5-6-3-4-7-5;1-2-3-7(4,5)6/h2-4H,1H2,(H,6,7);2H,1,3H2,(H2,4,5,6). The summed E-state index contributed by atoms with van der Waals surface area (Å²) in [4.78, 5) is 22.8. The topological polar surface area (TPSA) is 86.2 Å². The van der Waals surface area contributed by atoms with E-state index < -0.39 is 7.60 Å². The first-order valence-corrected chi connectivity index (χ1v) is 5.56. The van der Waals surface area contributed by atoms with Gasteiger partial charge in [0.15, 0.2) is 0 Å². The number of hydrogen-bond donors (Lipinski definition) is 3. The fourth-order valence-electron chi connectivity index (χ4n) is 0.557. The lowest BCUT2D eigenvalue weighted by Gasteiger charge is -1.94. The molecule has 0 saturated carbocycles. The molecule has 0 spiro atoms. The van der Waals surface area contributed by atoms with Crippen LogP contribution in [0.15, 0.2) is 31.6 Å². The van der Waals surface area contributed by atoms with Gasteiger partial charge in [-0.05, 0) is 6.08 Å². The van der Waals surface area contributed by atoms with Gasteiger partial charge in [0, 0.05) is 12.4 Å². The van der Waals surface area contributed by atoms with Crippen LogP contribution >= 0.6 is 7.60 Å². The fourth-order valence-corrected chi connectivity index (χ4v) is 0.894. The first-order valence-electron chi connectivity index (χ1n) is 3.77. The van der Waals surface area contributed by atoms with Crippen LogP contribution in [0.4, 0.5) is 0 Å². The lowest BCUT2D eigenvalue weighted by atomic mass is 10.6. The van der Waals surface area contributed by atoms with Crippen LogP contribution in [0.2, 0.25) is 0 Å². The van der Waals surface area contributed by atoms with Gasteiger partial charge in [-0.3, -0.25) is 4.57 Å². The SMILES string of the molecule is C=CCP(=O)(O)O.C=Cc1ncc[nH]1. The van der Waals surface area contributed by atoms with Gasteiger partial charge in [0.05, 0.1) is 6.16 Å². The average Bonchev–Trinajstić information content (AvgIpc) is 2.54. The molecule has 0 unspecified atom stereocenters. The molecule has 0 atom stereocenters. The van der Waals surface area contributed by atoms with E-state index in [1.165, 1.54) is 6.08 Å². The number of hydrogen-bond acceptors (Lipinski definition) is 2. The highest BCUT2D eigenvalue weighted by Gasteiger charge is 2.06. The molecule has 6 heteroatoms. The number of nitrogens with one attached hydrogen (secondary N) is 1. The van der Waals surface area contributed by atoms with Crippen molar-refractivity contribution in [1.82, 2.24) is 9.97 Å². The zero-order valence-corrected chi connectivity index (χ0v) is 8.52. The Balaban J connectivity index is 0.000000241. The van der Waals surface area contributed by atoms with Gasteiger partial charge < -0.3 is 14.8 Å². The summed E-state index contributed by atoms with van der Waals surface area (Å²) in [6.45, 7) is 6.66. The summed E-state index contributed by atoms with van der Waals surface area (Å²) in [5.74, 6) is 0.819. The van der Waals surface area contributed by atoms with Crippen molar-refractivity contribution < 1.29 is 14.4 Å². The number of rotatable bonds is 3. The van der Waals surface area contributed by atoms with E-state index in [0.717, 1.165) is 5.82 Å². The van der Waals surface area contributed by atoms with Crippen LogP contribution in [0.25, 0.3) is 6.08 Å². The second kappa shape index (κ2) is 6.32. The van der Waals surface area contributed by atoms with Crippen LogP contribution in [0, 0.1) is 0 Å². The Morgan fingerprint density at radius 1 is 1.57 bits per heavy atom. The molecule has 0 aromatic carbocycles. The quantitative estimate of drug-likeness (QED) is 0.526. The average molecular weight is 216 g/mol. The predicted octanol–water partition coefficient (Wildman–Crippen LogP) is 1.40. The number of imidazole rings is 1. The molecule has 0 fully saturated rings. The first-order chi connectivity index (χ1) is 6.49. The van der Waals surface area contributed by atoms with E-state index in [0.29, 0.717) is 0 Å².